The lowest BCUT2D eigenvalue weighted by Crippen LogP contribution is -2.39. The lowest BCUT2D eigenvalue weighted by Gasteiger charge is -2.16. The molecule has 0 saturated heterocycles. The number of nitrogens with one attached hydrogen (secondary N) is 2. The van der Waals surface area contributed by atoms with E-state index in [0.29, 0.717) is 6.54 Å². The molecule has 1 aromatic carbocycles. The average molecular weight is 374 g/mol. The zero-order valence-electron chi connectivity index (χ0n) is 16.6. The number of benzene rings is 1. The number of guanidine groups is 1. The van der Waals surface area contributed by atoms with Gasteiger partial charge in [0.2, 0.25) is 0 Å². The molecule has 1 aromatic heterocycles. The number of nitrogens with zero attached hydrogens (tertiary/aromatic N) is 4. The molecule has 148 valence electrons. The van der Waals surface area contributed by atoms with Crippen LogP contribution < -0.4 is 20.1 Å². The Morgan fingerprint density at radius 3 is 2.81 bits per heavy atom. The number of aliphatic imine (C=N–C) groups is 1. The molecule has 27 heavy (non-hydrogen) atoms. The van der Waals surface area contributed by atoms with Crippen molar-refractivity contribution in [3.8, 4) is 11.5 Å². The van der Waals surface area contributed by atoms with E-state index in [2.05, 4.69) is 32.7 Å². The summed E-state index contributed by atoms with van der Waals surface area (Å²) in [6.07, 6.45) is 2.57. The number of methoxy groups -OCH3 is 1. The first-order valence-electron chi connectivity index (χ1n) is 9.35. The maximum Gasteiger partial charge on any atom is 0.191 e. The van der Waals surface area contributed by atoms with E-state index >= 15 is 0 Å². The fraction of sp³-hybridized carbons (Fsp3) is 0.526. The van der Waals surface area contributed by atoms with Crippen molar-refractivity contribution in [3.05, 3.63) is 36.4 Å². The van der Waals surface area contributed by atoms with Gasteiger partial charge in [-0.25, -0.2) is 4.99 Å². The molecular weight excluding hydrogens is 344 g/mol. The Balaban J connectivity index is 1.84. The minimum Gasteiger partial charge on any atom is -0.497 e. The lowest BCUT2D eigenvalue weighted by atomic mass is 10.3. The molecule has 0 aliphatic heterocycles. The summed E-state index contributed by atoms with van der Waals surface area (Å²) in [4.78, 5) is 4.61. The summed E-state index contributed by atoms with van der Waals surface area (Å²) >= 11 is 0. The second-order valence-electron chi connectivity index (χ2n) is 6.05. The largest absolute Gasteiger partial charge is 0.497 e. The predicted molar refractivity (Wildman–Crippen MR) is 106 cm³/mol. The highest BCUT2D eigenvalue weighted by atomic mass is 16.5. The average Bonchev–Trinajstić information content (AvgIpc) is 3.13. The van der Waals surface area contributed by atoms with Crippen LogP contribution in [0, 0.1) is 0 Å². The number of rotatable bonds is 10. The summed E-state index contributed by atoms with van der Waals surface area (Å²) in [7, 11) is 1.64. The van der Waals surface area contributed by atoms with Crippen molar-refractivity contribution in [2.24, 2.45) is 4.99 Å². The Bertz CT molecular complexity index is 716. The monoisotopic (exact) mass is 374 g/mol. The van der Waals surface area contributed by atoms with E-state index < -0.39 is 0 Å². The molecule has 1 heterocycles. The molecule has 0 amide bonds. The Labute approximate surface area is 161 Å². The SMILES string of the molecule is CCNC(=NCC(C)Oc1cccc(OC)c1)NCCn1cnnc1CC. The van der Waals surface area contributed by atoms with E-state index in [9.17, 15) is 0 Å². The normalized spacial score (nSPS) is 12.5. The molecule has 0 aliphatic rings. The van der Waals surface area contributed by atoms with Gasteiger partial charge in [-0.1, -0.05) is 13.0 Å². The highest BCUT2D eigenvalue weighted by Crippen LogP contribution is 2.19. The third-order valence-corrected chi connectivity index (χ3v) is 3.89. The summed E-state index contributed by atoms with van der Waals surface area (Å²) in [5, 5.41) is 14.6. The van der Waals surface area contributed by atoms with Gasteiger partial charge in [-0.15, -0.1) is 10.2 Å². The van der Waals surface area contributed by atoms with Crippen LogP contribution in [0.2, 0.25) is 0 Å². The first-order chi connectivity index (χ1) is 13.2. The minimum absolute atomic E-state index is 0.0582. The molecule has 0 fully saturated rings. The summed E-state index contributed by atoms with van der Waals surface area (Å²) in [6.45, 7) is 8.98. The van der Waals surface area contributed by atoms with Crippen molar-refractivity contribution < 1.29 is 9.47 Å². The number of aromatic nitrogens is 3. The summed E-state index contributed by atoms with van der Waals surface area (Å²) in [5.41, 5.74) is 0. The summed E-state index contributed by atoms with van der Waals surface area (Å²) < 4.78 is 13.2. The maximum atomic E-state index is 5.92. The fourth-order valence-corrected chi connectivity index (χ4v) is 2.54. The van der Waals surface area contributed by atoms with Gasteiger partial charge in [-0.3, -0.25) is 0 Å². The van der Waals surface area contributed by atoms with Crippen LogP contribution in [0.25, 0.3) is 0 Å². The van der Waals surface area contributed by atoms with E-state index in [0.717, 1.165) is 49.3 Å². The van der Waals surface area contributed by atoms with Crippen molar-refractivity contribution in [2.75, 3.05) is 26.7 Å². The van der Waals surface area contributed by atoms with Crippen LogP contribution in [-0.2, 0) is 13.0 Å². The van der Waals surface area contributed by atoms with Crippen LogP contribution in [-0.4, -0.2) is 53.6 Å². The molecule has 2 N–H and O–H groups in total. The molecule has 1 unspecified atom stereocenters. The Kier molecular flexibility index (Phi) is 8.41. The Morgan fingerprint density at radius 1 is 1.26 bits per heavy atom. The standard InChI is InChI=1S/C19H30N6O2/c1-5-18-24-23-14-25(18)11-10-21-19(20-6-2)22-13-15(3)27-17-9-7-8-16(12-17)26-4/h7-9,12,14-15H,5-6,10-11,13H2,1-4H3,(H2,20,21,22). The van der Waals surface area contributed by atoms with Gasteiger partial charge in [0, 0.05) is 32.1 Å². The molecule has 8 nitrogen and oxygen atoms in total. The first-order valence-corrected chi connectivity index (χ1v) is 9.35. The summed E-state index contributed by atoms with van der Waals surface area (Å²) in [6, 6.07) is 7.58. The lowest BCUT2D eigenvalue weighted by molar-refractivity contribution is 0.229. The van der Waals surface area contributed by atoms with Gasteiger partial charge in [0.15, 0.2) is 5.96 Å². The van der Waals surface area contributed by atoms with Crippen molar-refractivity contribution in [2.45, 2.75) is 39.8 Å². The highest BCUT2D eigenvalue weighted by Gasteiger charge is 2.06. The highest BCUT2D eigenvalue weighted by molar-refractivity contribution is 5.79. The van der Waals surface area contributed by atoms with Gasteiger partial charge in [0.05, 0.1) is 13.7 Å². The molecule has 1 atom stereocenters. The molecule has 0 bridgehead atoms. The zero-order valence-corrected chi connectivity index (χ0v) is 16.6. The fourth-order valence-electron chi connectivity index (χ4n) is 2.54. The van der Waals surface area contributed by atoms with Gasteiger partial charge in [-0.05, 0) is 26.0 Å². The van der Waals surface area contributed by atoms with Gasteiger partial charge in [0.1, 0.15) is 29.8 Å². The number of hydrogen-bond donors (Lipinski definition) is 2. The molecule has 0 radical (unpaired) electrons. The van der Waals surface area contributed by atoms with Crippen molar-refractivity contribution in [1.82, 2.24) is 25.4 Å². The Morgan fingerprint density at radius 2 is 2.07 bits per heavy atom. The van der Waals surface area contributed by atoms with Crippen LogP contribution in [0.1, 0.15) is 26.6 Å². The van der Waals surface area contributed by atoms with Gasteiger partial charge < -0.3 is 24.7 Å². The van der Waals surface area contributed by atoms with E-state index in [4.69, 9.17) is 9.47 Å². The van der Waals surface area contributed by atoms with Crippen molar-refractivity contribution in [1.29, 1.82) is 0 Å². The molecule has 0 aliphatic carbocycles. The molecule has 2 rings (SSSR count). The number of hydrogen-bond acceptors (Lipinski definition) is 5. The van der Waals surface area contributed by atoms with Crippen molar-refractivity contribution in [3.63, 3.8) is 0 Å². The topological polar surface area (TPSA) is 85.6 Å². The second kappa shape index (κ2) is 11.1. The maximum absolute atomic E-state index is 5.92. The molecule has 2 aromatic rings. The second-order valence-corrected chi connectivity index (χ2v) is 6.05. The Hall–Kier alpha value is -2.77. The van der Waals surface area contributed by atoms with Crippen molar-refractivity contribution >= 4 is 5.96 Å². The van der Waals surface area contributed by atoms with Crippen LogP contribution >= 0.6 is 0 Å². The minimum atomic E-state index is -0.0582. The van der Waals surface area contributed by atoms with E-state index in [1.807, 2.05) is 42.7 Å². The smallest absolute Gasteiger partial charge is 0.191 e. The van der Waals surface area contributed by atoms with Gasteiger partial charge >= 0.3 is 0 Å². The van der Waals surface area contributed by atoms with Crippen LogP contribution in [0.4, 0.5) is 0 Å². The van der Waals surface area contributed by atoms with E-state index in [1.54, 1.807) is 13.4 Å². The van der Waals surface area contributed by atoms with Gasteiger partial charge in [-0.2, -0.15) is 0 Å². The zero-order chi connectivity index (χ0) is 19.5. The van der Waals surface area contributed by atoms with E-state index in [-0.39, 0.29) is 6.10 Å². The van der Waals surface area contributed by atoms with Crippen LogP contribution in [0.5, 0.6) is 11.5 Å². The molecule has 0 saturated carbocycles. The summed E-state index contributed by atoms with van der Waals surface area (Å²) in [5.74, 6) is 3.30. The van der Waals surface area contributed by atoms with Crippen LogP contribution in [0.15, 0.2) is 35.6 Å². The third kappa shape index (κ3) is 6.80. The van der Waals surface area contributed by atoms with E-state index in [1.165, 1.54) is 0 Å². The third-order valence-electron chi connectivity index (χ3n) is 3.89. The number of aryl methyl sites for hydroxylation is 1. The van der Waals surface area contributed by atoms with Gasteiger partial charge in [0.25, 0.3) is 0 Å². The first kappa shape index (κ1) is 20.5. The number of ether oxygens (including phenoxy) is 2. The predicted octanol–water partition coefficient (Wildman–Crippen LogP) is 1.87. The van der Waals surface area contributed by atoms with Crippen LogP contribution in [0.3, 0.4) is 0 Å². The quantitative estimate of drug-likeness (QED) is 0.488. The molecule has 0 spiro atoms. The molecule has 8 heteroatoms. The molecular formula is C19H30N6O2.